The maximum Gasteiger partial charge on any atom is 0.318 e. The van der Waals surface area contributed by atoms with Crippen LogP contribution in [0.2, 0.25) is 5.02 Å². The summed E-state index contributed by atoms with van der Waals surface area (Å²) >= 11 is 6.24. The summed E-state index contributed by atoms with van der Waals surface area (Å²) in [6.45, 7) is 0.715. The Morgan fingerprint density at radius 1 is 1.33 bits per heavy atom. The van der Waals surface area contributed by atoms with E-state index < -0.39 is 0 Å². The second-order valence-corrected chi connectivity index (χ2v) is 6.48. The van der Waals surface area contributed by atoms with Crippen LogP contribution in [0.5, 0.6) is 5.75 Å². The number of hydrogen-bond donors (Lipinski definition) is 3. The molecule has 4 N–H and O–H groups in total. The van der Waals surface area contributed by atoms with Crippen LogP contribution in [0.1, 0.15) is 24.1 Å². The summed E-state index contributed by atoms with van der Waals surface area (Å²) in [5.41, 5.74) is 8.15. The summed E-state index contributed by atoms with van der Waals surface area (Å²) in [6.07, 6.45) is 2.05. The van der Waals surface area contributed by atoms with Gasteiger partial charge in [-0.2, -0.15) is 0 Å². The van der Waals surface area contributed by atoms with Crippen molar-refractivity contribution in [2.45, 2.75) is 32.0 Å². The minimum atomic E-state index is -0.122. The van der Waals surface area contributed by atoms with Gasteiger partial charge in [0.15, 0.2) is 0 Å². The molecule has 4 rings (SSSR count). The van der Waals surface area contributed by atoms with Crippen LogP contribution in [0.15, 0.2) is 18.2 Å². The number of aromatic hydroxyl groups is 1. The molecule has 8 heteroatoms. The van der Waals surface area contributed by atoms with Crippen LogP contribution in [0.3, 0.4) is 0 Å². The second-order valence-electron chi connectivity index (χ2n) is 6.07. The summed E-state index contributed by atoms with van der Waals surface area (Å²) in [5, 5.41) is 13.5. The molecule has 1 aromatic heterocycles. The number of halogens is 1. The monoisotopic (exact) mass is 345 g/mol. The first-order valence-electron chi connectivity index (χ1n) is 7.71. The van der Waals surface area contributed by atoms with Gasteiger partial charge in [0.1, 0.15) is 5.75 Å². The van der Waals surface area contributed by atoms with E-state index in [1.807, 2.05) is 0 Å². The van der Waals surface area contributed by atoms with E-state index in [1.54, 1.807) is 23.1 Å². The zero-order valence-corrected chi connectivity index (χ0v) is 13.5. The molecule has 24 heavy (non-hydrogen) atoms. The fourth-order valence-electron chi connectivity index (χ4n) is 2.87. The molecule has 2 amide bonds. The first kappa shape index (κ1) is 15.0. The standard InChI is InChI=1S/C16H16ClN5O2/c17-10-2-1-3-12(23)13(10)14-9-6-22(16(24)19-8-4-5-8)7-11(9)20-15(18)21-14/h1-3,8,23H,4-7H2,(H,19,24)(H2,18,20,21). The normalized spacial score (nSPS) is 16.1. The molecule has 0 spiro atoms. The average molecular weight is 346 g/mol. The Kier molecular flexibility index (Phi) is 3.45. The SMILES string of the molecule is Nc1nc2c(c(-c3c(O)cccc3Cl)n1)CN(C(=O)NC1CC1)C2. The van der Waals surface area contributed by atoms with Crippen LogP contribution in [0, 0.1) is 0 Å². The highest BCUT2D eigenvalue weighted by molar-refractivity contribution is 6.33. The van der Waals surface area contributed by atoms with Crippen molar-refractivity contribution in [3.8, 4) is 17.0 Å². The molecule has 1 fully saturated rings. The molecule has 2 heterocycles. The van der Waals surface area contributed by atoms with Crippen molar-refractivity contribution in [2.24, 2.45) is 0 Å². The van der Waals surface area contributed by atoms with Crippen LogP contribution in [0.25, 0.3) is 11.3 Å². The molecular weight excluding hydrogens is 330 g/mol. The molecule has 0 atom stereocenters. The maximum atomic E-state index is 12.3. The summed E-state index contributed by atoms with van der Waals surface area (Å²) in [7, 11) is 0. The highest BCUT2D eigenvalue weighted by Crippen LogP contribution is 2.39. The lowest BCUT2D eigenvalue weighted by Crippen LogP contribution is -2.37. The fraction of sp³-hybridized carbons (Fsp3) is 0.312. The summed E-state index contributed by atoms with van der Waals surface area (Å²) in [6, 6.07) is 5.03. The number of nitrogens with two attached hydrogens (primary N) is 1. The highest BCUT2D eigenvalue weighted by Gasteiger charge is 2.32. The van der Waals surface area contributed by atoms with E-state index in [0.717, 1.165) is 18.4 Å². The van der Waals surface area contributed by atoms with Gasteiger partial charge in [0.05, 0.1) is 35.1 Å². The van der Waals surface area contributed by atoms with E-state index in [1.165, 1.54) is 0 Å². The van der Waals surface area contributed by atoms with E-state index in [9.17, 15) is 9.90 Å². The lowest BCUT2D eigenvalue weighted by Gasteiger charge is -2.16. The molecule has 1 aliphatic heterocycles. The van der Waals surface area contributed by atoms with Gasteiger partial charge in [-0.05, 0) is 25.0 Å². The average Bonchev–Trinajstić information content (AvgIpc) is 3.22. The second kappa shape index (κ2) is 5.52. The van der Waals surface area contributed by atoms with Gasteiger partial charge in [0.2, 0.25) is 5.95 Å². The number of nitrogens with zero attached hydrogens (tertiary/aromatic N) is 3. The van der Waals surface area contributed by atoms with Crippen LogP contribution < -0.4 is 11.1 Å². The Hall–Kier alpha value is -2.54. The number of hydrogen-bond acceptors (Lipinski definition) is 5. The van der Waals surface area contributed by atoms with Crippen LogP contribution in [-0.2, 0) is 13.1 Å². The van der Waals surface area contributed by atoms with Gasteiger partial charge in [-0.3, -0.25) is 0 Å². The lowest BCUT2D eigenvalue weighted by molar-refractivity contribution is 0.197. The molecule has 0 saturated heterocycles. The number of nitrogen functional groups attached to an aromatic ring is 1. The molecule has 1 aromatic carbocycles. The zero-order chi connectivity index (χ0) is 16.8. The van der Waals surface area contributed by atoms with Crippen molar-refractivity contribution in [2.75, 3.05) is 5.73 Å². The van der Waals surface area contributed by atoms with Gasteiger partial charge < -0.3 is 21.1 Å². The number of carbonyl (C=O) groups is 1. The topological polar surface area (TPSA) is 104 Å². The Bertz CT molecular complexity index is 817. The van der Waals surface area contributed by atoms with Crippen LogP contribution >= 0.6 is 11.6 Å². The quantitative estimate of drug-likeness (QED) is 0.774. The van der Waals surface area contributed by atoms with E-state index in [-0.39, 0.29) is 23.8 Å². The van der Waals surface area contributed by atoms with Crippen molar-refractivity contribution in [1.29, 1.82) is 0 Å². The summed E-state index contributed by atoms with van der Waals surface area (Å²) in [5.74, 6) is 0.108. The maximum absolute atomic E-state index is 12.3. The molecule has 0 radical (unpaired) electrons. The Labute approximate surface area is 143 Å². The Morgan fingerprint density at radius 2 is 2.12 bits per heavy atom. The number of aromatic nitrogens is 2. The van der Waals surface area contributed by atoms with Crippen LogP contribution in [-0.4, -0.2) is 32.0 Å². The number of anilines is 1. The van der Waals surface area contributed by atoms with Crippen LogP contribution in [0.4, 0.5) is 10.7 Å². The minimum Gasteiger partial charge on any atom is -0.507 e. The van der Waals surface area contributed by atoms with Gasteiger partial charge in [-0.1, -0.05) is 17.7 Å². The van der Waals surface area contributed by atoms with E-state index >= 15 is 0 Å². The molecule has 124 valence electrons. The zero-order valence-electron chi connectivity index (χ0n) is 12.8. The third kappa shape index (κ3) is 2.60. The minimum absolute atomic E-state index is 0.0173. The van der Waals surface area contributed by atoms with E-state index in [4.69, 9.17) is 17.3 Å². The molecule has 0 bridgehead atoms. The number of fused-ring (bicyclic) bond motifs is 1. The van der Waals surface area contributed by atoms with E-state index in [0.29, 0.717) is 35.1 Å². The number of carbonyl (C=O) groups excluding carboxylic acids is 1. The largest absolute Gasteiger partial charge is 0.507 e. The molecular formula is C16H16ClN5O2. The van der Waals surface area contributed by atoms with Crippen molar-refractivity contribution in [3.63, 3.8) is 0 Å². The number of amides is 2. The third-order valence-corrected chi connectivity index (χ3v) is 4.54. The van der Waals surface area contributed by atoms with E-state index in [2.05, 4.69) is 15.3 Å². The number of phenolic OH excluding ortho intramolecular Hbond substituents is 1. The third-order valence-electron chi connectivity index (χ3n) is 4.22. The van der Waals surface area contributed by atoms with Gasteiger partial charge >= 0.3 is 6.03 Å². The van der Waals surface area contributed by atoms with Gasteiger partial charge in [0.25, 0.3) is 0 Å². The van der Waals surface area contributed by atoms with Crippen molar-refractivity contribution in [3.05, 3.63) is 34.5 Å². The van der Waals surface area contributed by atoms with Gasteiger partial charge in [-0.25, -0.2) is 14.8 Å². The number of rotatable bonds is 2. The van der Waals surface area contributed by atoms with Crippen molar-refractivity contribution < 1.29 is 9.90 Å². The first-order chi connectivity index (χ1) is 11.5. The van der Waals surface area contributed by atoms with Crippen molar-refractivity contribution in [1.82, 2.24) is 20.2 Å². The predicted molar refractivity (Wildman–Crippen MR) is 89.4 cm³/mol. The Morgan fingerprint density at radius 3 is 2.83 bits per heavy atom. The molecule has 2 aromatic rings. The Balaban J connectivity index is 1.73. The molecule has 0 unspecified atom stereocenters. The molecule has 1 aliphatic carbocycles. The number of urea groups is 1. The lowest BCUT2D eigenvalue weighted by atomic mass is 10.0. The number of benzene rings is 1. The summed E-state index contributed by atoms with van der Waals surface area (Å²) < 4.78 is 0. The molecule has 1 saturated carbocycles. The van der Waals surface area contributed by atoms with Gasteiger partial charge in [-0.15, -0.1) is 0 Å². The predicted octanol–water partition coefficient (Wildman–Crippen LogP) is 2.27. The van der Waals surface area contributed by atoms with Gasteiger partial charge in [0, 0.05) is 11.6 Å². The first-order valence-corrected chi connectivity index (χ1v) is 8.09. The number of phenols is 1. The van der Waals surface area contributed by atoms with Crippen molar-refractivity contribution >= 4 is 23.6 Å². The highest BCUT2D eigenvalue weighted by atomic mass is 35.5. The molecule has 2 aliphatic rings. The molecule has 7 nitrogen and oxygen atoms in total. The fourth-order valence-corrected chi connectivity index (χ4v) is 3.12. The number of nitrogens with one attached hydrogen (secondary N) is 1. The summed E-state index contributed by atoms with van der Waals surface area (Å²) in [4.78, 5) is 22.5. The smallest absolute Gasteiger partial charge is 0.318 e.